The van der Waals surface area contributed by atoms with Gasteiger partial charge in [0, 0.05) is 12.3 Å². The standard InChI is InChI=1S/C15H30N2O3S.ClH/c1-12(8-9-13-6-4-3-5-7-13)17-15(18)14(16)10-11-21(2,19)20;/h12-14H,3-11,16H2,1-2H3,(H,17,18);1H. The molecule has 0 radical (unpaired) electrons. The fourth-order valence-electron chi connectivity index (χ4n) is 2.86. The van der Waals surface area contributed by atoms with Crippen LogP contribution in [0.15, 0.2) is 0 Å². The van der Waals surface area contributed by atoms with Gasteiger partial charge in [0.1, 0.15) is 9.84 Å². The van der Waals surface area contributed by atoms with E-state index in [9.17, 15) is 13.2 Å². The topological polar surface area (TPSA) is 89.3 Å². The monoisotopic (exact) mass is 354 g/mol. The summed E-state index contributed by atoms with van der Waals surface area (Å²) in [6.07, 6.45) is 10.1. The molecule has 7 heteroatoms. The summed E-state index contributed by atoms with van der Waals surface area (Å²) in [5, 5.41) is 2.90. The van der Waals surface area contributed by atoms with Crippen LogP contribution in [0.25, 0.3) is 0 Å². The molecule has 1 rings (SSSR count). The molecule has 1 aliphatic carbocycles. The van der Waals surface area contributed by atoms with Gasteiger partial charge in [-0.05, 0) is 32.1 Å². The van der Waals surface area contributed by atoms with Crippen molar-refractivity contribution in [1.29, 1.82) is 0 Å². The maximum absolute atomic E-state index is 11.9. The average Bonchev–Trinajstić information content (AvgIpc) is 2.42. The predicted molar refractivity (Wildman–Crippen MR) is 93.0 cm³/mol. The third kappa shape index (κ3) is 9.64. The van der Waals surface area contributed by atoms with E-state index < -0.39 is 15.9 Å². The van der Waals surface area contributed by atoms with Crippen molar-refractivity contribution in [1.82, 2.24) is 5.32 Å². The van der Waals surface area contributed by atoms with Crippen molar-refractivity contribution >= 4 is 28.2 Å². The molecule has 1 saturated carbocycles. The third-order valence-corrected chi connectivity index (χ3v) is 5.24. The molecule has 0 aromatic heterocycles. The Morgan fingerprint density at radius 3 is 2.36 bits per heavy atom. The Morgan fingerprint density at radius 1 is 1.23 bits per heavy atom. The molecule has 0 bridgehead atoms. The van der Waals surface area contributed by atoms with Gasteiger partial charge in [-0.15, -0.1) is 12.4 Å². The van der Waals surface area contributed by atoms with Crippen LogP contribution in [0, 0.1) is 5.92 Å². The number of rotatable bonds is 8. The molecule has 1 fully saturated rings. The van der Waals surface area contributed by atoms with E-state index in [0.717, 1.165) is 25.0 Å². The average molecular weight is 355 g/mol. The van der Waals surface area contributed by atoms with Crippen molar-refractivity contribution in [3.63, 3.8) is 0 Å². The molecule has 5 nitrogen and oxygen atoms in total. The Hall–Kier alpha value is -0.330. The van der Waals surface area contributed by atoms with Gasteiger partial charge in [-0.25, -0.2) is 8.42 Å². The van der Waals surface area contributed by atoms with Crippen molar-refractivity contribution in [2.45, 2.75) is 70.4 Å². The zero-order valence-corrected chi connectivity index (χ0v) is 15.3. The third-order valence-electron chi connectivity index (χ3n) is 4.26. The van der Waals surface area contributed by atoms with Crippen LogP contribution in [-0.2, 0) is 14.6 Å². The normalized spacial score (nSPS) is 19.0. The Kier molecular flexibility index (Phi) is 10.3. The summed E-state index contributed by atoms with van der Waals surface area (Å²) in [5.41, 5.74) is 5.74. The lowest BCUT2D eigenvalue weighted by atomic mass is 9.85. The van der Waals surface area contributed by atoms with Crippen molar-refractivity contribution in [3.8, 4) is 0 Å². The van der Waals surface area contributed by atoms with Gasteiger partial charge in [0.05, 0.1) is 11.8 Å². The van der Waals surface area contributed by atoms with E-state index in [-0.39, 0.29) is 36.5 Å². The first-order valence-corrected chi connectivity index (χ1v) is 10.1. The molecule has 0 saturated heterocycles. The van der Waals surface area contributed by atoms with Gasteiger partial charge < -0.3 is 11.1 Å². The van der Waals surface area contributed by atoms with E-state index in [2.05, 4.69) is 5.32 Å². The van der Waals surface area contributed by atoms with Gasteiger partial charge in [0.2, 0.25) is 5.91 Å². The number of nitrogens with one attached hydrogen (secondary N) is 1. The van der Waals surface area contributed by atoms with Crippen LogP contribution in [0.1, 0.15) is 58.3 Å². The van der Waals surface area contributed by atoms with Crippen LogP contribution in [0.5, 0.6) is 0 Å². The number of carbonyl (C=O) groups excluding carboxylic acids is 1. The van der Waals surface area contributed by atoms with Crippen LogP contribution in [-0.4, -0.2) is 38.4 Å². The highest BCUT2D eigenvalue weighted by molar-refractivity contribution is 7.90. The van der Waals surface area contributed by atoms with Gasteiger partial charge in [0.15, 0.2) is 0 Å². The molecule has 132 valence electrons. The molecular formula is C15H31ClN2O3S. The number of halogens is 1. The zero-order chi connectivity index (χ0) is 15.9. The van der Waals surface area contributed by atoms with E-state index in [1.807, 2.05) is 6.92 Å². The van der Waals surface area contributed by atoms with Crippen LogP contribution < -0.4 is 11.1 Å². The first kappa shape index (κ1) is 21.7. The summed E-state index contributed by atoms with van der Waals surface area (Å²) >= 11 is 0. The summed E-state index contributed by atoms with van der Waals surface area (Å²) in [5.74, 6) is 0.518. The van der Waals surface area contributed by atoms with Crippen LogP contribution in [0.4, 0.5) is 0 Å². The van der Waals surface area contributed by atoms with Gasteiger partial charge in [-0.1, -0.05) is 32.1 Å². The van der Waals surface area contributed by atoms with E-state index in [1.165, 1.54) is 32.1 Å². The zero-order valence-electron chi connectivity index (χ0n) is 13.7. The highest BCUT2D eigenvalue weighted by Crippen LogP contribution is 2.27. The quantitative estimate of drug-likeness (QED) is 0.698. The van der Waals surface area contributed by atoms with Crippen molar-refractivity contribution in [3.05, 3.63) is 0 Å². The van der Waals surface area contributed by atoms with E-state index in [4.69, 9.17) is 5.73 Å². The molecule has 22 heavy (non-hydrogen) atoms. The largest absolute Gasteiger partial charge is 0.352 e. The fraction of sp³-hybridized carbons (Fsp3) is 0.933. The fourth-order valence-corrected chi connectivity index (χ4v) is 3.54. The lowest BCUT2D eigenvalue weighted by Gasteiger charge is -2.24. The van der Waals surface area contributed by atoms with Gasteiger partial charge in [-0.3, -0.25) is 4.79 Å². The number of hydrogen-bond donors (Lipinski definition) is 2. The molecular weight excluding hydrogens is 324 g/mol. The summed E-state index contributed by atoms with van der Waals surface area (Å²) < 4.78 is 22.1. The smallest absolute Gasteiger partial charge is 0.237 e. The van der Waals surface area contributed by atoms with Crippen LogP contribution in [0.3, 0.4) is 0 Å². The highest BCUT2D eigenvalue weighted by atomic mass is 35.5. The van der Waals surface area contributed by atoms with Crippen molar-refractivity contribution < 1.29 is 13.2 Å². The van der Waals surface area contributed by atoms with Crippen molar-refractivity contribution in [2.75, 3.05) is 12.0 Å². The van der Waals surface area contributed by atoms with Crippen molar-refractivity contribution in [2.24, 2.45) is 11.7 Å². The Bertz CT molecular complexity index is 423. The molecule has 1 amide bonds. The maximum Gasteiger partial charge on any atom is 0.237 e. The van der Waals surface area contributed by atoms with E-state index in [1.54, 1.807) is 0 Å². The molecule has 2 atom stereocenters. The second-order valence-corrected chi connectivity index (χ2v) is 8.78. The highest BCUT2D eigenvalue weighted by Gasteiger charge is 2.19. The molecule has 0 heterocycles. The van der Waals surface area contributed by atoms with E-state index in [0.29, 0.717) is 0 Å². The Morgan fingerprint density at radius 2 is 1.82 bits per heavy atom. The van der Waals surface area contributed by atoms with Gasteiger partial charge >= 0.3 is 0 Å². The minimum atomic E-state index is -3.07. The lowest BCUT2D eigenvalue weighted by molar-refractivity contribution is -0.123. The maximum atomic E-state index is 11.9. The first-order chi connectivity index (χ1) is 9.78. The summed E-state index contributed by atoms with van der Waals surface area (Å²) in [7, 11) is -3.07. The Labute approximate surface area is 141 Å². The first-order valence-electron chi connectivity index (χ1n) is 8.01. The molecule has 0 spiro atoms. The van der Waals surface area contributed by atoms with Gasteiger partial charge in [0.25, 0.3) is 0 Å². The van der Waals surface area contributed by atoms with Crippen LogP contribution >= 0.6 is 12.4 Å². The summed E-state index contributed by atoms with van der Waals surface area (Å²) in [4.78, 5) is 11.9. The second-order valence-electron chi connectivity index (χ2n) is 6.52. The predicted octanol–water partition coefficient (Wildman–Crippen LogP) is 2.04. The molecule has 2 unspecified atom stereocenters. The number of amides is 1. The second kappa shape index (κ2) is 10.4. The number of hydrogen-bond acceptors (Lipinski definition) is 4. The number of carbonyl (C=O) groups is 1. The van der Waals surface area contributed by atoms with Gasteiger partial charge in [-0.2, -0.15) is 0 Å². The molecule has 1 aliphatic rings. The van der Waals surface area contributed by atoms with E-state index >= 15 is 0 Å². The summed E-state index contributed by atoms with van der Waals surface area (Å²) in [6.45, 7) is 1.99. The Balaban J connectivity index is 0.00000441. The molecule has 3 N–H and O–H groups in total. The molecule has 0 aliphatic heterocycles. The SMILES string of the molecule is CC(CCC1CCCCC1)NC(=O)C(N)CCS(C)(=O)=O.Cl. The summed E-state index contributed by atoms with van der Waals surface area (Å²) in [6, 6.07) is -0.638. The lowest BCUT2D eigenvalue weighted by Crippen LogP contribution is -2.45. The molecule has 0 aromatic rings. The number of nitrogens with two attached hydrogens (primary N) is 1. The minimum Gasteiger partial charge on any atom is -0.352 e. The minimum absolute atomic E-state index is 0. The molecule has 0 aromatic carbocycles. The number of sulfone groups is 1. The van der Waals surface area contributed by atoms with Crippen LogP contribution in [0.2, 0.25) is 0 Å².